The Hall–Kier alpha value is -1.88. The number of carbonyl (C=O) groups excluding carboxylic acids is 1. The smallest absolute Gasteiger partial charge is 0.271 e. The van der Waals surface area contributed by atoms with Crippen molar-refractivity contribution in [2.45, 2.75) is 12.8 Å². The van der Waals surface area contributed by atoms with Crippen LogP contribution >= 0.6 is 0 Å². The Balaban J connectivity index is 1.99. The van der Waals surface area contributed by atoms with Gasteiger partial charge in [0.05, 0.1) is 5.52 Å². The summed E-state index contributed by atoms with van der Waals surface area (Å²) in [6, 6.07) is 7.42. The summed E-state index contributed by atoms with van der Waals surface area (Å²) in [5.41, 5.74) is 1.31. The number of aliphatic hydroxyl groups excluding tert-OH is 1. The third-order valence-electron chi connectivity index (χ3n) is 2.47. The first-order valence-corrected chi connectivity index (χ1v) is 5.65. The van der Waals surface area contributed by atoms with Crippen LogP contribution in [0.4, 0.5) is 0 Å². The predicted octanol–water partition coefficient (Wildman–Crippen LogP) is 0.837. The Morgan fingerprint density at radius 2 is 2.29 bits per heavy atom. The molecule has 0 atom stereocenters. The Kier molecular flexibility index (Phi) is 3.72. The molecular formula is C12H15N3O2. The van der Waals surface area contributed by atoms with Crippen molar-refractivity contribution in [2.24, 2.45) is 0 Å². The van der Waals surface area contributed by atoms with Gasteiger partial charge in [-0.05, 0) is 31.0 Å². The van der Waals surface area contributed by atoms with Crippen LogP contribution in [0.5, 0.6) is 0 Å². The monoisotopic (exact) mass is 233 g/mol. The van der Waals surface area contributed by atoms with Gasteiger partial charge in [0.2, 0.25) is 0 Å². The Labute approximate surface area is 99.1 Å². The molecule has 0 spiro atoms. The fourth-order valence-corrected chi connectivity index (χ4v) is 1.58. The average molecular weight is 233 g/mol. The van der Waals surface area contributed by atoms with Crippen molar-refractivity contribution in [2.75, 3.05) is 13.2 Å². The summed E-state index contributed by atoms with van der Waals surface area (Å²) in [5.74, 6) is -0.174. The van der Waals surface area contributed by atoms with E-state index < -0.39 is 0 Å². The number of aliphatic hydroxyl groups is 1. The number of rotatable bonds is 5. The fourth-order valence-electron chi connectivity index (χ4n) is 1.58. The predicted molar refractivity (Wildman–Crippen MR) is 63.8 cm³/mol. The Morgan fingerprint density at radius 3 is 3.06 bits per heavy atom. The average Bonchev–Trinajstić information content (AvgIpc) is 2.78. The summed E-state index contributed by atoms with van der Waals surface area (Å²) >= 11 is 0. The van der Waals surface area contributed by atoms with Gasteiger partial charge in [0.1, 0.15) is 0 Å². The molecule has 2 rings (SSSR count). The molecule has 0 fully saturated rings. The van der Waals surface area contributed by atoms with E-state index in [1.165, 1.54) is 0 Å². The van der Waals surface area contributed by atoms with E-state index >= 15 is 0 Å². The van der Waals surface area contributed by atoms with Crippen molar-refractivity contribution in [3.05, 3.63) is 36.2 Å². The van der Waals surface area contributed by atoms with Crippen LogP contribution in [-0.4, -0.2) is 33.8 Å². The summed E-state index contributed by atoms with van der Waals surface area (Å²) < 4.78 is 1.67. The molecule has 0 saturated heterocycles. The quantitative estimate of drug-likeness (QED) is 0.752. The van der Waals surface area contributed by atoms with Gasteiger partial charge in [0.15, 0.2) is 5.69 Å². The molecule has 0 aliphatic carbocycles. The number of carbonyl (C=O) groups is 1. The molecule has 0 aliphatic heterocycles. The highest BCUT2D eigenvalue weighted by Crippen LogP contribution is 2.05. The first kappa shape index (κ1) is 11.6. The normalized spacial score (nSPS) is 10.6. The Morgan fingerprint density at radius 1 is 1.41 bits per heavy atom. The summed E-state index contributed by atoms with van der Waals surface area (Å²) in [6.07, 6.45) is 3.28. The summed E-state index contributed by atoms with van der Waals surface area (Å²) in [7, 11) is 0. The maximum absolute atomic E-state index is 11.7. The minimum absolute atomic E-state index is 0.157. The topological polar surface area (TPSA) is 66.6 Å². The van der Waals surface area contributed by atoms with Crippen LogP contribution in [-0.2, 0) is 0 Å². The van der Waals surface area contributed by atoms with E-state index in [0.29, 0.717) is 18.7 Å². The van der Waals surface area contributed by atoms with Gasteiger partial charge in [-0.25, -0.2) is 4.52 Å². The van der Waals surface area contributed by atoms with Crippen molar-refractivity contribution >= 4 is 11.4 Å². The number of hydrogen-bond acceptors (Lipinski definition) is 3. The maximum Gasteiger partial charge on any atom is 0.271 e. The lowest BCUT2D eigenvalue weighted by molar-refractivity contribution is 0.0947. The number of aromatic nitrogens is 2. The van der Waals surface area contributed by atoms with Crippen molar-refractivity contribution in [3.8, 4) is 0 Å². The number of hydrogen-bond donors (Lipinski definition) is 2. The van der Waals surface area contributed by atoms with Crippen LogP contribution < -0.4 is 5.32 Å². The largest absolute Gasteiger partial charge is 0.396 e. The third-order valence-corrected chi connectivity index (χ3v) is 2.47. The first-order valence-electron chi connectivity index (χ1n) is 5.65. The van der Waals surface area contributed by atoms with E-state index in [9.17, 15) is 4.79 Å². The highest BCUT2D eigenvalue weighted by molar-refractivity contribution is 5.93. The minimum atomic E-state index is -0.174. The van der Waals surface area contributed by atoms with E-state index in [4.69, 9.17) is 5.11 Å². The number of nitrogens with zero attached hydrogens (tertiary/aromatic N) is 2. The molecule has 90 valence electrons. The van der Waals surface area contributed by atoms with Gasteiger partial charge < -0.3 is 10.4 Å². The van der Waals surface area contributed by atoms with Gasteiger partial charge in [0, 0.05) is 19.3 Å². The molecule has 2 aromatic rings. The Bertz CT molecular complexity index is 474. The lowest BCUT2D eigenvalue weighted by atomic mass is 10.3. The molecule has 1 amide bonds. The molecule has 0 bridgehead atoms. The zero-order chi connectivity index (χ0) is 12.1. The maximum atomic E-state index is 11.7. The van der Waals surface area contributed by atoms with E-state index in [0.717, 1.165) is 11.9 Å². The fraction of sp³-hybridized carbons (Fsp3) is 0.333. The lowest BCUT2D eigenvalue weighted by Gasteiger charge is -2.00. The van der Waals surface area contributed by atoms with Crippen LogP contribution in [0, 0.1) is 0 Å². The standard InChI is InChI=1S/C12H15N3O2/c16-8-4-2-6-13-12(17)11-9-10-5-1-3-7-15(10)14-11/h1,3,5,7,9,16H,2,4,6,8H2,(H,13,17). The van der Waals surface area contributed by atoms with Gasteiger partial charge in [0.25, 0.3) is 5.91 Å². The third kappa shape index (κ3) is 2.82. The lowest BCUT2D eigenvalue weighted by Crippen LogP contribution is -2.25. The molecule has 2 aromatic heterocycles. The molecule has 0 aliphatic rings. The van der Waals surface area contributed by atoms with Crippen LogP contribution in [0.1, 0.15) is 23.3 Å². The van der Waals surface area contributed by atoms with Crippen LogP contribution in [0.2, 0.25) is 0 Å². The highest BCUT2D eigenvalue weighted by Gasteiger charge is 2.09. The van der Waals surface area contributed by atoms with E-state index in [1.807, 2.05) is 18.2 Å². The first-order chi connectivity index (χ1) is 8.31. The molecular weight excluding hydrogens is 218 g/mol. The number of fused-ring (bicyclic) bond motifs is 1. The van der Waals surface area contributed by atoms with E-state index in [1.54, 1.807) is 16.8 Å². The zero-order valence-corrected chi connectivity index (χ0v) is 9.47. The highest BCUT2D eigenvalue weighted by atomic mass is 16.2. The number of amides is 1. The van der Waals surface area contributed by atoms with Crippen molar-refractivity contribution in [1.82, 2.24) is 14.9 Å². The van der Waals surface area contributed by atoms with E-state index in [-0.39, 0.29) is 12.5 Å². The second kappa shape index (κ2) is 5.45. The number of pyridine rings is 1. The second-order valence-electron chi connectivity index (χ2n) is 3.79. The van der Waals surface area contributed by atoms with Gasteiger partial charge in [-0.2, -0.15) is 5.10 Å². The van der Waals surface area contributed by atoms with Crippen LogP contribution in [0.3, 0.4) is 0 Å². The van der Waals surface area contributed by atoms with Gasteiger partial charge in [-0.15, -0.1) is 0 Å². The summed E-state index contributed by atoms with van der Waals surface area (Å²) in [5, 5.41) is 15.6. The van der Waals surface area contributed by atoms with Gasteiger partial charge in [-0.1, -0.05) is 6.07 Å². The minimum Gasteiger partial charge on any atom is -0.396 e. The number of unbranched alkanes of at least 4 members (excludes halogenated alkanes) is 1. The zero-order valence-electron chi connectivity index (χ0n) is 9.47. The molecule has 5 heteroatoms. The molecule has 0 saturated carbocycles. The molecule has 0 unspecified atom stereocenters. The van der Waals surface area contributed by atoms with Crippen molar-refractivity contribution in [3.63, 3.8) is 0 Å². The van der Waals surface area contributed by atoms with Crippen LogP contribution in [0.25, 0.3) is 5.52 Å². The second-order valence-corrected chi connectivity index (χ2v) is 3.79. The molecule has 2 N–H and O–H groups in total. The van der Waals surface area contributed by atoms with Gasteiger partial charge in [-0.3, -0.25) is 4.79 Å². The molecule has 0 aromatic carbocycles. The number of nitrogens with one attached hydrogen (secondary N) is 1. The van der Waals surface area contributed by atoms with Gasteiger partial charge >= 0.3 is 0 Å². The van der Waals surface area contributed by atoms with E-state index in [2.05, 4.69) is 10.4 Å². The summed E-state index contributed by atoms with van der Waals surface area (Å²) in [6.45, 7) is 0.720. The molecule has 17 heavy (non-hydrogen) atoms. The van der Waals surface area contributed by atoms with Crippen LogP contribution in [0.15, 0.2) is 30.5 Å². The summed E-state index contributed by atoms with van der Waals surface area (Å²) in [4.78, 5) is 11.7. The van der Waals surface area contributed by atoms with Crippen molar-refractivity contribution in [1.29, 1.82) is 0 Å². The molecule has 5 nitrogen and oxygen atoms in total. The van der Waals surface area contributed by atoms with Crippen molar-refractivity contribution < 1.29 is 9.90 Å². The SMILES string of the molecule is O=C(NCCCCO)c1cc2ccccn2n1. The molecule has 2 heterocycles. The molecule has 0 radical (unpaired) electrons.